The molecule has 1 fully saturated rings. The van der Waals surface area contributed by atoms with E-state index in [1.54, 1.807) is 7.11 Å². The smallest absolute Gasteiger partial charge is 0.154 e. The van der Waals surface area contributed by atoms with Crippen molar-refractivity contribution in [3.63, 3.8) is 0 Å². The van der Waals surface area contributed by atoms with E-state index >= 15 is 0 Å². The number of para-hydroxylation sites is 1. The number of methoxy groups -OCH3 is 1. The molecule has 2 heterocycles. The van der Waals surface area contributed by atoms with Gasteiger partial charge in [-0.1, -0.05) is 18.2 Å². The average molecular weight is 341 g/mol. The van der Waals surface area contributed by atoms with Crippen LogP contribution in [0.3, 0.4) is 0 Å². The molecule has 0 N–H and O–H groups in total. The lowest BCUT2D eigenvalue weighted by atomic mass is 9.94. The second kappa shape index (κ2) is 8.92. The maximum absolute atomic E-state index is 5.77. The SMILES string of the molecule is CCOc1ccccc1CN1CCC[C@H](c2ccnc(COC)n2)C1. The number of ether oxygens (including phenoxy) is 2. The van der Waals surface area contributed by atoms with Gasteiger partial charge >= 0.3 is 0 Å². The topological polar surface area (TPSA) is 47.5 Å². The molecule has 0 unspecified atom stereocenters. The first-order valence-corrected chi connectivity index (χ1v) is 9.04. The lowest BCUT2D eigenvalue weighted by molar-refractivity contribution is 0.175. The van der Waals surface area contributed by atoms with Crippen molar-refractivity contribution in [3.8, 4) is 5.75 Å². The third-order valence-corrected chi connectivity index (χ3v) is 4.59. The highest BCUT2D eigenvalue weighted by Gasteiger charge is 2.23. The Kier molecular flexibility index (Phi) is 6.36. The molecule has 1 saturated heterocycles. The largest absolute Gasteiger partial charge is 0.494 e. The lowest BCUT2D eigenvalue weighted by Gasteiger charge is -2.32. The summed E-state index contributed by atoms with van der Waals surface area (Å²) in [6.07, 6.45) is 4.21. The fourth-order valence-electron chi connectivity index (χ4n) is 3.45. The summed E-state index contributed by atoms with van der Waals surface area (Å²) in [7, 11) is 1.67. The van der Waals surface area contributed by atoms with Gasteiger partial charge in [0.05, 0.1) is 6.61 Å². The van der Waals surface area contributed by atoms with E-state index < -0.39 is 0 Å². The molecule has 1 aromatic heterocycles. The van der Waals surface area contributed by atoms with Crippen molar-refractivity contribution in [2.45, 2.75) is 38.8 Å². The van der Waals surface area contributed by atoms with Crippen LogP contribution in [0.1, 0.15) is 42.8 Å². The fraction of sp³-hybridized carbons (Fsp3) is 0.500. The van der Waals surface area contributed by atoms with Crippen LogP contribution in [0.4, 0.5) is 0 Å². The van der Waals surface area contributed by atoms with Gasteiger partial charge in [-0.25, -0.2) is 9.97 Å². The van der Waals surface area contributed by atoms with Crippen LogP contribution in [0.15, 0.2) is 36.5 Å². The molecule has 0 spiro atoms. The number of aromatic nitrogens is 2. The number of rotatable bonds is 7. The van der Waals surface area contributed by atoms with Crippen molar-refractivity contribution in [1.29, 1.82) is 0 Å². The Morgan fingerprint density at radius 2 is 2.12 bits per heavy atom. The predicted molar refractivity (Wildman–Crippen MR) is 97.6 cm³/mol. The maximum Gasteiger partial charge on any atom is 0.154 e. The lowest BCUT2D eigenvalue weighted by Crippen LogP contribution is -2.34. The molecule has 1 aromatic carbocycles. The molecule has 3 rings (SSSR count). The molecule has 2 aromatic rings. The van der Waals surface area contributed by atoms with Crippen molar-refractivity contribution in [2.24, 2.45) is 0 Å². The molecule has 0 saturated carbocycles. The molecular formula is C20H27N3O2. The normalized spacial score (nSPS) is 18.2. The Morgan fingerprint density at radius 1 is 1.24 bits per heavy atom. The number of piperidine rings is 1. The van der Waals surface area contributed by atoms with Crippen LogP contribution in [-0.2, 0) is 17.9 Å². The molecule has 5 heteroatoms. The summed E-state index contributed by atoms with van der Waals surface area (Å²) in [5.74, 6) is 2.21. The molecule has 0 radical (unpaired) electrons. The van der Waals surface area contributed by atoms with E-state index in [4.69, 9.17) is 9.47 Å². The summed E-state index contributed by atoms with van der Waals surface area (Å²) < 4.78 is 10.9. The third kappa shape index (κ3) is 4.77. The second-order valence-corrected chi connectivity index (χ2v) is 6.45. The van der Waals surface area contributed by atoms with Gasteiger partial charge in [0.1, 0.15) is 12.4 Å². The Hall–Kier alpha value is -1.98. The highest BCUT2D eigenvalue weighted by molar-refractivity contribution is 5.33. The summed E-state index contributed by atoms with van der Waals surface area (Å²) in [6.45, 7) is 6.24. The van der Waals surface area contributed by atoms with Crippen molar-refractivity contribution in [2.75, 3.05) is 26.8 Å². The minimum atomic E-state index is 0.451. The van der Waals surface area contributed by atoms with Gasteiger partial charge in [0, 0.05) is 43.6 Å². The van der Waals surface area contributed by atoms with Gasteiger partial charge < -0.3 is 9.47 Å². The first-order valence-electron chi connectivity index (χ1n) is 9.04. The van der Waals surface area contributed by atoms with Crippen LogP contribution >= 0.6 is 0 Å². The monoisotopic (exact) mass is 341 g/mol. The van der Waals surface area contributed by atoms with E-state index in [0.717, 1.165) is 36.9 Å². The molecule has 0 amide bonds. The molecular weight excluding hydrogens is 314 g/mol. The first kappa shape index (κ1) is 17.8. The van der Waals surface area contributed by atoms with Gasteiger partial charge in [0.15, 0.2) is 5.82 Å². The Balaban J connectivity index is 1.68. The summed E-state index contributed by atoms with van der Waals surface area (Å²) in [5.41, 5.74) is 2.39. The van der Waals surface area contributed by atoms with E-state index in [0.29, 0.717) is 19.1 Å². The summed E-state index contributed by atoms with van der Waals surface area (Å²) in [6, 6.07) is 10.4. The summed E-state index contributed by atoms with van der Waals surface area (Å²) in [5, 5.41) is 0. The molecule has 1 atom stereocenters. The van der Waals surface area contributed by atoms with E-state index in [1.807, 2.05) is 25.3 Å². The Labute approximate surface area is 150 Å². The van der Waals surface area contributed by atoms with Gasteiger partial charge in [0.2, 0.25) is 0 Å². The van der Waals surface area contributed by atoms with Gasteiger partial charge in [-0.05, 0) is 38.4 Å². The standard InChI is InChI=1S/C20H27N3O2/c1-3-25-19-9-5-4-7-17(19)14-23-12-6-8-16(13-23)18-10-11-21-20(22-18)15-24-2/h4-5,7,9-11,16H,3,6,8,12-15H2,1-2H3/t16-/m0/s1. The Morgan fingerprint density at radius 3 is 2.96 bits per heavy atom. The quantitative estimate of drug-likeness (QED) is 0.772. The van der Waals surface area contributed by atoms with E-state index in [-0.39, 0.29) is 0 Å². The fourth-order valence-corrected chi connectivity index (χ4v) is 3.45. The minimum Gasteiger partial charge on any atom is -0.494 e. The van der Waals surface area contributed by atoms with E-state index in [2.05, 4.69) is 33.1 Å². The maximum atomic E-state index is 5.77. The Bertz CT molecular complexity index is 677. The molecule has 0 bridgehead atoms. The van der Waals surface area contributed by atoms with E-state index in [1.165, 1.54) is 18.4 Å². The number of likely N-dealkylation sites (tertiary alicyclic amines) is 1. The number of nitrogens with zero attached hydrogens (tertiary/aromatic N) is 3. The zero-order valence-electron chi connectivity index (χ0n) is 15.1. The molecule has 134 valence electrons. The van der Waals surface area contributed by atoms with Gasteiger partial charge in [-0.3, -0.25) is 4.90 Å². The number of benzene rings is 1. The molecule has 1 aliphatic rings. The second-order valence-electron chi connectivity index (χ2n) is 6.45. The van der Waals surface area contributed by atoms with Gasteiger partial charge in [-0.15, -0.1) is 0 Å². The molecule has 1 aliphatic heterocycles. The summed E-state index contributed by atoms with van der Waals surface area (Å²) >= 11 is 0. The van der Waals surface area contributed by atoms with Crippen molar-refractivity contribution in [1.82, 2.24) is 14.9 Å². The van der Waals surface area contributed by atoms with Crippen LogP contribution in [0.2, 0.25) is 0 Å². The highest BCUT2D eigenvalue weighted by Crippen LogP contribution is 2.28. The minimum absolute atomic E-state index is 0.451. The van der Waals surface area contributed by atoms with Crippen molar-refractivity contribution in [3.05, 3.63) is 53.6 Å². The van der Waals surface area contributed by atoms with Crippen LogP contribution in [-0.4, -0.2) is 41.7 Å². The van der Waals surface area contributed by atoms with Crippen molar-refractivity contribution < 1.29 is 9.47 Å². The van der Waals surface area contributed by atoms with Crippen LogP contribution in [0.5, 0.6) is 5.75 Å². The van der Waals surface area contributed by atoms with Crippen molar-refractivity contribution >= 4 is 0 Å². The van der Waals surface area contributed by atoms with Crippen LogP contribution < -0.4 is 4.74 Å². The van der Waals surface area contributed by atoms with E-state index in [9.17, 15) is 0 Å². The third-order valence-electron chi connectivity index (χ3n) is 4.59. The molecule has 5 nitrogen and oxygen atoms in total. The van der Waals surface area contributed by atoms with Gasteiger partial charge in [-0.2, -0.15) is 0 Å². The van der Waals surface area contributed by atoms with Crippen LogP contribution in [0, 0.1) is 0 Å². The van der Waals surface area contributed by atoms with Gasteiger partial charge in [0.25, 0.3) is 0 Å². The zero-order chi connectivity index (χ0) is 17.5. The highest BCUT2D eigenvalue weighted by atomic mass is 16.5. The zero-order valence-corrected chi connectivity index (χ0v) is 15.1. The number of hydrogen-bond acceptors (Lipinski definition) is 5. The molecule has 0 aliphatic carbocycles. The summed E-state index contributed by atoms with van der Waals surface area (Å²) in [4.78, 5) is 11.5. The predicted octanol–water partition coefficient (Wildman–Crippen LogP) is 3.40. The van der Waals surface area contributed by atoms with Crippen LogP contribution in [0.25, 0.3) is 0 Å². The first-order chi connectivity index (χ1) is 12.3. The number of hydrogen-bond donors (Lipinski definition) is 0. The molecule has 25 heavy (non-hydrogen) atoms. The average Bonchev–Trinajstić information content (AvgIpc) is 2.64.